The van der Waals surface area contributed by atoms with Gasteiger partial charge in [-0.15, -0.1) is 11.3 Å². The van der Waals surface area contributed by atoms with Crippen LogP contribution in [0.5, 0.6) is 0 Å². The van der Waals surface area contributed by atoms with Crippen LogP contribution in [0.4, 0.5) is 17.6 Å². The van der Waals surface area contributed by atoms with Gasteiger partial charge in [-0.2, -0.15) is 17.9 Å². The van der Waals surface area contributed by atoms with Gasteiger partial charge in [0.15, 0.2) is 5.01 Å². The number of piperidine rings is 1. The zero-order valence-corrected chi connectivity index (χ0v) is 25.3. The lowest BCUT2D eigenvalue weighted by atomic mass is 10.1. The molecular weight excluding hydrogens is 635 g/mol. The predicted molar refractivity (Wildman–Crippen MR) is 147 cm³/mol. The molecule has 2 heterocycles. The number of benzene rings is 1. The van der Waals surface area contributed by atoms with Gasteiger partial charge in [-0.3, -0.25) is 9.59 Å². The van der Waals surface area contributed by atoms with Crippen LogP contribution in [-0.4, -0.2) is 78.8 Å². The van der Waals surface area contributed by atoms with Crippen molar-refractivity contribution in [2.75, 3.05) is 19.6 Å². The first-order valence-electron chi connectivity index (χ1n) is 12.4. The molecule has 1 aromatic carbocycles. The number of alkyl halides is 4. The van der Waals surface area contributed by atoms with Crippen molar-refractivity contribution in [3.05, 3.63) is 32.9 Å². The van der Waals surface area contributed by atoms with Gasteiger partial charge in [0.25, 0.3) is 11.8 Å². The van der Waals surface area contributed by atoms with Crippen molar-refractivity contribution in [1.29, 1.82) is 0 Å². The first-order valence-corrected chi connectivity index (χ1v) is 15.4. The normalized spacial score (nSPS) is 16.1. The summed E-state index contributed by atoms with van der Waals surface area (Å²) in [6.45, 7) is 4.13. The van der Waals surface area contributed by atoms with Crippen molar-refractivity contribution >= 4 is 56.4 Å². The van der Waals surface area contributed by atoms with Crippen molar-refractivity contribution in [3.63, 3.8) is 0 Å². The summed E-state index contributed by atoms with van der Waals surface area (Å²) >= 11 is 13.4. The molecule has 9 nitrogen and oxygen atoms in total. The SMILES string of the molecule is CC[C@H](NS(=O)(=O)c1ccc(-c2sc(C(=O)NCC(C)(C)O)nc2C(=O)N2CCC(F)CC2)c(Cl)c1Cl)C(F)(F)F. The third kappa shape index (κ3) is 8.08. The third-order valence-corrected chi connectivity index (χ3v) is 9.69. The highest BCUT2D eigenvalue weighted by Gasteiger charge is 2.41. The molecule has 2 aromatic rings. The minimum Gasteiger partial charge on any atom is -0.389 e. The molecule has 17 heteroatoms. The van der Waals surface area contributed by atoms with Crippen LogP contribution in [0.25, 0.3) is 10.4 Å². The van der Waals surface area contributed by atoms with Crippen LogP contribution in [0.1, 0.15) is 60.3 Å². The van der Waals surface area contributed by atoms with Gasteiger partial charge in [0.1, 0.15) is 22.8 Å². The quantitative estimate of drug-likeness (QED) is 0.331. The molecule has 3 N–H and O–H groups in total. The molecule has 228 valence electrons. The van der Waals surface area contributed by atoms with Gasteiger partial charge in [-0.25, -0.2) is 17.8 Å². The lowest BCUT2D eigenvalue weighted by Crippen LogP contribution is -2.44. The first kappa shape index (κ1) is 33.5. The van der Waals surface area contributed by atoms with Crippen molar-refractivity contribution in [1.82, 2.24) is 19.9 Å². The van der Waals surface area contributed by atoms with Gasteiger partial charge >= 0.3 is 6.18 Å². The monoisotopic (exact) mass is 662 g/mol. The molecule has 1 fully saturated rings. The van der Waals surface area contributed by atoms with E-state index in [-0.39, 0.29) is 53.6 Å². The van der Waals surface area contributed by atoms with Crippen LogP contribution >= 0.6 is 34.5 Å². The number of hydrogen-bond donors (Lipinski definition) is 3. The Morgan fingerprint density at radius 3 is 2.34 bits per heavy atom. The van der Waals surface area contributed by atoms with Gasteiger partial charge in [-0.1, -0.05) is 36.2 Å². The fourth-order valence-electron chi connectivity index (χ4n) is 3.86. The summed E-state index contributed by atoms with van der Waals surface area (Å²) in [6, 6.07) is -0.286. The summed E-state index contributed by atoms with van der Waals surface area (Å²) in [5.74, 6) is -1.35. The number of likely N-dealkylation sites (tertiary alicyclic amines) is 1. The third-order valence-electron chi connectivity index (χ3n) is 6.10. The highest BCUT2D eigenvalue weighted by Crippen LogP contribution is 2.42. The lowest BCUT2D eigenvalue weighted by molar-refractivity contribution is -0.151. The number of thiazole rings is 1. The number of rotatable bonds is 9. The Morgan fingerprint density at radius 1 is 1.20 bits per heavy atom. The van der Waals surface area contributed by atoms with Gasteiger partial charge in [0.05, 0.1) is 20.5 Å². The Hall–Kier alpha value is -2.04. The Bertz CT molecular complexity index is 1410. The van der Waals surface area contributed by atoms with Crippen molar-refractivity contribution < 1.29 is 40.7 Å². The summed E-state index contributed by atoms with van der Waals surface area (Å²) in [7, 11) is -4.78. The number of nitrogens with zero attached hydrogens (tertiary/aromatic N) is 2. The Balaban J connectivity index is 2.07. The molecule has 0 bridgehead atoms. The summed E-state index contributed by atoms with van der Waals surface area (Å²) in [4.78, 5) is 31.1. The zero-order chi connectivity index (χ0) is 30.9. The molecule has 1 saturated heterocycles. The molecular formula is C24H28Cl2F4N4O5S2. The number of hydrogen-bond acceptors (Lipinski definition) is 7. The van der Waals surface area contributed by atoms with E-state index in [1.165, 1.54) is 18.7 Å². The number of aliphatic hydroxyl groups is 1. The second-order valence-corrected chi connectivity index (χ2v) is 13.5. The molecule has 0 spiro atoms. The number of nitrogens with one attached hydrogen (secondary N) is 2. The van der Waals surface area contributed by atoms with Crippen LogP contribution in [-0.2, 0) is 10.0 Å². The fourth-order valence-corrected chi connectivity index (χ4v) is 7.10. The number of carbonyl (C=O) groups is 2. The maximum Gasteiger partial charge on any atom is 0.404 e. The van der Waals surface area contributed by atoms with Gasteiger partial charge in [0, 0.05) is 25.2 Å². The van der Waals surface area contributed by atoms with Crippen molar-refractivity contribution in [3.8, 4) is 10.4 Å². The number of aromatic nitrogens is 1. The van der Waals surface area contributed by atoms with E-state index in [0.717, 1.165) is 30.4 Å². The Labute approximate surface area is 248 Å². The van der Waals surface area contributed by atoms with E-state index < -0.39 is 67.2 Å². The highest BCUT2D eigenvalue weighted by atomic mass is 35.5. The van der Waals surface area contributed by atoms with Gasteiger partial charge < -0.3 is 15.3 Å². The fraction of sp³-hybridized carbons (Fsp3) is 0.542. The zero-order valence-electron chi connectivity index (χ0n) is 22.1. The summed E-state index contributed by atoms with van der Waals surface area (Å²) in [6.07, 6.45) is -6.29. The predicted octanol–water partition coefficient (Wildman–Crippen LogP) is 4.81. The molecule has 2 amide bonds. The van der Waals surface area contributed by atoms with E-state index >= 15 is 0 Å². The second kappa shape index (κ2) is 12.7. The van der Waals surface area contributed by atoms with Crippen molar-refractivity contribution in [2.45, 2.75) is 68.9 Å². The molecule has 0 saturated carbocycles. The molecule has 0 radical (unpaired) electrons. The van der Waals surface area contributed by atoms with Crippen LogP contribution in [0.2, 0.25) is 10.0 Å². The van der Waals surface area contributed by atoms with Gasteiger partial charge in [0.2, 0.25) is 10.0 Å². The molecule has 1 aliphatic heterocycles. The van der Waals surface area contributed by atoms with Gasteiger partial charge in [-0.05, 0) is 39.2 Å². The number of sulfonamides is 1. The van der Waals surface area contributed by atoms with E-state index in [1.807, 2.05) is 0 Å². The summed E-state index contributed by atoms with van der Waals surface area (Å²) < 4.78 is 80.5. The number of halogens is 6. The number of amides is 2. The Kier molecular flexibility index (Phi) is 10.3. The molecule has 3 rings (SSSR count). The maximum absolute atomic E-state index is 13.7. The van der Waals surface area contributed by atoms with Crippen molar-refractivity contribution in [2.24, 2.45) is 0 Å². The van der Waals surface area contributed by atoms with E-state index in [1.54, 1.807) is 4.72 Å². The maximum atomic E-state index is 13.7. The average Bonchev–Trinajstić information content (AvgIpc) is 3.31. The topological polar surface area (TPSA) is 129 Å². The van der Waals surface area contributed by atoms with Crippen LogP contribution < -0.4 is 10.0 Å². The highest BCUT2D eigenvalue weighted by molar-refractivity contribution is 7.89. The van der Waals surface area contributed by atoms with E-state index in [0.29, 0.717) is 0 Å². The molecule has 41 heavy (non-hydrogen) atoms. The number of carbonyl (C=O) groups excluding carboxylic acids is 2. The molecule has 0 unspecified atom stereocenters. The smallest absolute Gasteiger partial charge is 0.389 e. The molecule has 1 aromatic heterocycles. The summed E-state index contributed by atoms with van der Waals surface area (Å²) in [5.41, 5.74) is -1.48. The molecule has 0 aliphatic carbocycles. The lowest BCUT2D eigenvalue weighted by Gasteiger charge is -2.28. The molecule has 1 atom stereocenters. The van der Waals surface area contributed by atoms with Crippen LogP contribution in [0, 0.1) is 0 Å². The minimum absolute atomic E-state index is 0.00115. The van der Waals surface area contributed by atoms with E-state index in [2.05, 4.69) is 10.3 Å². The van der Waals surface area contributed by atoms with E-state index in [4.69, 9.17) is 23.2 Å². The van der Waals surface area contributed by atoms with Crippen LogP contribution in [0.3, 0.4) is 0 Å². The minimum atomic E-state index is -4.85. The van der Waals surface area contributed by atoms with E-state index in [9.17, 15) is 40.7 Å². The average molecular weight is 664 g/mol. The Morgan fingerprint density at radius 2 is 1.80 bits per heavy atom. The second-order valence-electron chi connectivity index (χ2n) is 10.0. The van der Waals surface area contributed by atoms with Crippen LogP contribution in [0.15, 0.2) is 17.0 Å². The molecule has 1 aliphatic rings. The standard InChI is InChI=1S/C24H28Cl2F4N4O5S2/c1-4-15(24(28,29)30)33-41(38,39)14-6-5-13(16(25)17(14)26)19-18(22(36)34-9-7-12(27)8-10-34)32-21(40-19)20(35)31-11-23(2,3)37/h5-6,12,15,33,37H,4,7-11H2,1-3H3,(H,31,35)/t15-/m0/s1. The summed E-state index contributed by atoms with van der Waals surface area (Å²) in [5, 5.41) is 11.2. The first-order chi connectivity index (χ1) is 18.9. The largest absolute Gasteiger partial charge is 0.404 e.